The molecule has 0 bridgehead atoms. The minimum absolute atomic E-state index is 0.528. The van der Waals surface area contributed by atoms with Gasteiger partial charge in [-0.25, -0.2) is 0 Å². The number of pyridine rings is 1. The van der Waals surface area contributed by atoms with E-state index < -0.39 is 0 Å². The summed E-state index contributed by atoms with van der Waals surface area (Å²) >= 11 is 0. The molecule has 1 atom stereocenters. The molecule has 0 saturated heterocycles. The van der Waals surface area contributed by atoms with Gasteiger partial charge in [-0.3, -0.25) is 4.98 Å². The Morgan fingerprint density at radius 3 is 2.83 bits per heavy atom. The molecular formula is C16H19NO. The smallest absolute Gasteiger partial charge is 0.119 e. The zero-order chi connectivity index (χ0) is 12.8. The Labute approximate surface area is 109 Å². The molecule has 0 N–H and O–H groups in total. The van der Waals surface area contributed by atoms with Crippen LogP contribution in [0.5, 0.6) is 5.75 Å². The maximum absolute atomic E-state index is 5.26. The van der Waals surface area contributed by atoms with E-state index in [0.29, 0.717) is 5.92 Å². The highest BCUT2D eigenvalue weighted by Crippen LogP contribution is 2.24. The molecule has 0 saturated carbocycles. The number of aromatic nitrogens is 1. The van der Waals surface area contributed by atoms with Crippen LogP contribution in [0.15, 0.2) is 48.8 Å². The predicted octanol–water partition coefficient (Wildman–Crippen LogP) is 3.83. The first kappa shape index (κ1) is 12.6. The van der Waals surface area contributed by atoms with Gasteiger partial charge in [-0.2, -0.15) is 0 Å². The number of methoxy groups -OCH3 is 1. The number of rotatable bonds is 5. The Hall–Kier alpha value is -1.83. The third-order valence-corrected chi connectivity index (χ3v) is 3.25. The van der Waals surface area contributed by atoms with Crippen molar-refractivity contribution in [3.63, 3.8) is 0 Å². The van der Waals surface area contributed by atoms with E-state index in [0.717, 1.165) is 18.6 Å². The number of ether oxygens (including phenoxy) is 1. The number of aryl methyl sites for hydroxylation is 1. The first-order chi connectivity index (χ1) is 8.79. The molecule has 2 aromatic rings. The molecule has 1 aromatic carbocycles. The van der Waals surface area contributed by atoms with Crippen molar-refractivity contribution in [3.8, 4) is 5.75 Å². The van der Waals surface area contributed by atoms with E-state index in [1.807, 2.05) is 24.5 Å². The van der Waals surface area contributed by atoms with Crippen LogP contribution < -0.4 is 4.74 Å². The average molecular weight is 241 g/mol. The molecule has 0 unspecified atom stereocenters. The lowest BCUT2D eigenvalue weighted by Crippen LogP contribution is -1.97. The van der Waals surface area contributed by atoms with Crippen LogP contribution >= 0.6 is 0 Å². The summed E-state index contributed by atoms with van der Waals surface area (Å²) in [5.41, 5.74) is 2.63. The summed E-state index contributed by atoms with van der Waals surface area (Å²) in [5, 5.41) is 0. The third-order valence-electron chi connectivity index (χ3n) is 3.25. The molecule has 0 fully saturated rings. The molecule has 0 aliphatic heterocycles. The van der Waals surface area contributed by atoms with E-state index in [2.05, 4.69) is 36.2 Å². The third kappa shape index (κ3) is 3.33. The van der Waals surface area contributed by atoms with Gasteiger partial charge in [0, 0.05) is 12.4 Å². The van der Waals surface area contributed by atoms with Gasteiger partial charge in [0.2, 0.25) is 0 Å². The zero-order valence-corrected chi connectivity index (χ0v) is 11.0. The van der Waals surface area contributed by atoms with E-state index in [-0.39, 0.29) is 0 Å². The van der Waals surface area contributed by atoms with Gasteiger partial charge in [-0.15, -0.1) is 0 Å². The Kier molecular flexibility index (Phi) is 4.35. The van der Waals surface area contributed by atoms with Crippen molar-refractivity contribution in [2.75, 3.05) is 7.11 Å². The summed E-state index contributed by atoms with van der Waals surface area (Å²) in [6.45, 7) is 2.26. The number of hydrogen-bond acceptors (Lipinski definition) is 2. The van der Waals surface area contributed by atoms with Gasteiger partial charge < -0.3 is 4.74 Å². The molecule has 94 valence electrons. The first-order valence-corrected chi connectivity index (χ1v) is 6.32. The minimum atomic E-state index is 0.528. The van der Waals surface area contributed by atoms with Crippen LogP contribution in [0.2, 0.25) is 0 Å². The molecule has 0 spiro atoms. The number of hydrogen-bond donors (Lipinski definition) is 0. The summed E-state index contributed by atoms with van der Waals surface area (Å²) in [4.78, 5) is 4.14. The van der Waals surface area contributed by atoms with Crippen molar-refractivity contribution in [2.45, 2.75) is 25.7 Å². The van der Waals surface area contributed by atoms with E-state index in [9.17, 15) is 0 Å². The second-order valence-electron chi connectivity index (χ2n) is 4.58. The van der Waals surface area contributed by atoms with Gasteiger partial charge in [0.15, 0.2) is 0 Å². The lowest BCUT2D eigenvalue weighted by atomic mass is 9.94. The standard InChI is InChI=1S/C16H19NO/c1-13(8-9-14-5-4-10-17-12-14)15-6-3-7-16(11-15)18-2/h3-7,10-13H,8-9H2,1-2H3/t13-/m0/s1. The molecule has 2 heteroatoms. The van der Waals surface area contributed by atoms with Crippen LogP contribution in [0.3, 0.4) is 0 Å². The van der Waals surface area contributed by atoms with Gasteiger partial charge in [-0.1, -0.05) is 25.1 Å². The summed E-state index contributed by atoms with van der Waals surface area (Å²) in [7, 11) is 1.71. The molecule has 2 rings (SSSR count). The van der Waals surface area contributed by atoms with Crippen LogP contribution in [0.1, 0.15) is 30.4 Å². The van der Waals surface area contributed by atoms with Crippen LogP contribution in [-0.2, 0) is 6.42 Å². The highest BCUT2D eigenvalue weighted by atomic mass is 16.5. The lowest BCUT2D eigenvalue weighted by molar-refractivity contribution is 0.413. The Morgan fingerprint density at radius 1 is 1.22 bits per heavy atom. The SMILES string of the molecule is COc1cccc([C@@H](C)CCc2cccnc2)c1. The van der Waals surface area contributed by atoms with Gasteiger partial charge in [-0.05, 0) is 48.1 Å². The Bertz CT molecular complexity index is 481. The van der Waals surface area contributed by atoms with Gasteiger partial charge in [0.1, 0.15) is 5.75 Å². The van der Waals surface area contributed by atoms with E-state index in [1.165, 1.54) is 11.1 Å². The predicted molar refractivity (Wildman–Crippen MR) is 74.0 cm³/mol. The molecule has 0 aliphatic carbocycles. The van der Waals surface area contributed by atoms with Crippen LogP contribution in [0, 0.1) is 0 Å². The van der Waals surface area contributed by atoms with Gasteiger partial charge in [0.25, 0.3) is 0 Å². The van der Waals surface area contributed by atoms with E-state index >= 15 is 0 Å². The number of nitrogens with zero attached hydrogens (tertiary/aromatic N) is 1. The average Bonchev–Trinajstić information content (AvgIpc) is 2.46. The minimum Gasteiger partial charge on any atom is -0.497 e. The topological polar surface area (TPSA) is 22.1 Å². The van der Waals surface area contributed by atoms with Crippen LogP contribution in [0.4, 0.5) is 0 Å². The molecule has 0 radical (unpaired) electrons. The molecule has 1 heterocycles. The normalized spacial score (nSPS) is 12.1. The first-order valence-electron chi connectivity index (χ1n) is 6.32. The molecule has 0 aliphatic rings. The fraction of sp³-hybridized carbons (Fsp3) is 0.312. The maximum atomic E-state index is 5.26. The van der Waals surface area contributed by atoms with Crippen LogP contribution in [0.25, 0.3) is 0 Å². The second kappa shape index (κ2) is 6.20. The van der Waals surface area contributed by atoms with Crippen molar-refractivity contribution in [1.82, 2.24) is 4.98 Å². The highest BCUT2D eigenvalue weighted by Gasteiger charge is 2.06. The maximum Gasteiger partial charge on any atom is 0.119 e. The largest absolute Gasteiger partial charge is 0.497 e. The zero-order valence-electron chi connectivity index (χ0n) is 11.0. The molecule has 2 nitrogen and oxygen atoms in total. The Balaban J connectivity index is 1.97. The molecular weight excluding hydrogens is 222 g/mol. The van der Waals surface area contributed by atoms with Crippen molar-refractivity contribution in [1.29, 1.82) is 0 Å². The highest BCUT2D eigenvalue weighted by molar-refractivity contribution is 5.30. The van der Waals surface area contributed by atoms with Gasteiger partial charge >= 0.3 is 0 Å². The number of benzene rings is 1. The van der Waals surface area contributed by atoms with Crippen molar-refractivity contribution in [2.24, 2.45) is 0 Å². The summed E-state index contributed by atoms with van der Waals surface area (Å²) in [6, 6.07) is 12.4. The lowest BCUT2D eigenvalue weighted by Gasteiger charge is -2.12. The van der Waals surface area contributed by atoms with Crippen molar-refractivity contribution >= 4 is 0 Å². The van der Waals surface area contributed by atoms with E-state index in [4.69, 9.17) is 4.74 Å². The van der Waals surface area contributed by atoms with Crippen LogP contribution in [-0.4, -0.2) is 12.1 Å². The van der Waals surface area contributed by atoms with Crippen molar-refractivity contribution < 1.29 is 4.74 Å². The molecule has 1 aromatic heterocycles. The summed E-state index contributed by atoms with van der Waals surface area (Å²) < 4.78 is 5.26. The fourth-order valence-electron chi connectivity index (χ4n) is 2.04. The molecule has 18 heavy (non-hydrogen) atoms. The Morgan fingerprint density at radius 2 is 2.11 bits per heavy atom. The monoisotopic (exact) mass is 241 g/mol. The second-order valence-corrected chi connectivity index (χ2v) is 4.58. The summed E-state index contributed by atoms with van der Waals surface area (Å²) in [6.07, 6.45) is 5.94. The quantitative estimate of drug-likeness (QED) is 0.793. The van der Waals surface area contributed by atoms with E-state index in [1.54, 1.807) is 7.11 Å². The van der Waals surface area contributed by atoms with Gasteiger partial charge in [0.05, 0.1) is 7.11 Å². The van der Waals surface area contributed by atoms with Crippen molar-refractivity contribution in [3.05, 3.63) is 59.9 Å². The fourth-order valence-corrected chi connectivity index (χ4v) is 2.04. The summed E-state index contributed by atoms with van der Waals surface area (Å²) in [5.74, 6) is 1.46. The molecule has 0 amide bonds.